The van der Waals surface area contributed by atoms with Gasteiger partial charge in [0.2, 0.25) is 0 Å². The zero-order valence-corrected chi connectivity index (χ0v) is 16.1. The number of guanidine groups is 1. The predicted octanol–water partition coefficient (Wildman–Crippen LogP) is 3.10. The van der Waals surface area contributed by atoms with Crippen molar-refractivity contribution in [2.45, 2.75) is 25.4 Å². The Bertz CT molecular complexity index is 825. The van der Waals surface area contributed by atoms with Gasteiger partial charge in [0.15, 0.2) is 5.96 Å². The maximum atomic E-state index is 10.6. The largest absolute Gasteiger partial charge is 0.469 e. The van der Waals surface area contributed by atoms with Gasteiger partial charge in [-0.15, -0.1) is 0 Å². The van der Waals surface area contributed by atoms with E-state index in [0.29, 0.717) is 18.3 Å². The normalized spacial score (nSPS) is 13.9. The van der Waals surface area contributed by atoms with Gasteiger partial charge in [-0.2, -0.15) is 0 Å². The summed E-state index contributed by atoms with van der Waals surface area (Å²) >= 11 is 0. The molecule has 1 unspecified atom stereocenters. The van der Waals surface area contributed by atoms with E-state index in [1.807, 2.05) is 30.3 Å². The van der Waals surface area contributed by atoms with Crippen LogP contribution in [-0.4, -0.2) is 30.7 Å². The van der Waals surface area contributed by atoms with Crippen molar-refractivity contribution in [2.24, 2.45) is 4.99 Å². The molecule has 1 atom stereocenters. The fourth-order valence-corrected chi connectivity index (χ4v) is 2.80. The average Bonchev–Trinajstić information content (AvgIpc) is 3.41. The van der Waals surface area contributed by atoms with E-state index in [0.717, 1.165) is 25.1 Å². The van der Waals surface area contributed by atoms with Gasteiger partial charge in [-0.25, -0.2) is 4.99 Å². The molecular formula is C22H27N3O3. The maximum absolute atomic E-state index is 10.6. The first kappa shape index (κ1) is 19.8. The van der Waals surface area contributed by atoms with Crippen molar-refractivity contribution in [3.05, 3.63) is 84.2 Å². The summed E-state index contributed by atoms with van der Waals surface area (Å²) in [5.41, 5.74) is 0.0889. The first-order valence-corrected chi connectivity index (χ1v) is 9.48. The number of aliphatic imine (C=N–C) groups is 1. The zero-order chi connectivity index (χ0) is 19.7. The number of hydrogen-bond acceptors (Lipinski definition) is 4. The number of aliphatic hydroxyl groups is 1. The highest BCUT2D eigenvalue weighted by Gasteiger charge is 2.26. The molecule has 0 bridgehead atoms. The second-order valence-corrected chi connectivity index (χ2v) is 6.83. The average molecular weight is 381 g/mol. The Balaban J connectivity index is 1.57. The van der Waals surface area contributed by atoms with E-state index < -0.39 is 5.60 Å². The lowest BCUT2D eigenvalue weighted by molar-refractivity contribution is 0.0437. The molecule has 0 saturated carbocycles. The predicted molar refractivity (Wildman–Crippen MR) is 109 cm³/mol. The monoisotopic (exact) mass is 381 g/mol. The minimum absolute atomic E-state index is 0.182. The van der Waals surface area contributed by atoms with E-state index in [4.69, 9.17) is 8.83 Å². The van der Waals surface area contributed by atoms with Crippen LogP contribution in [0.1, 0.15) is 24.0 Å². The van der Waals surface area contributed by atoms with Crippen molar-refractivity contribution in [2.75, 3.05) is 19.6 Å². The smallest absolute Gasteiger partial charge is 0.191 e. The Hall–Kier alpha value is -2.99. The topological polar surface area (TPSA) is 82.9 Å². The van der Waals surface area contributed by atoms with Gasteiger partial charge in [0, 0.05) is 19.5 Å². The van der Waals surface area contributed by atoms with Gasteiger partial charge in [0.05, 0.1) is 19.1 Å². The van der Waals surface area contributed by atoms with E-state index >= 15 is 0 Å². The molecule has 3 rings (SSSR count). The number of nitrogens with zero attached hydrogens (tertiary/aromatic N) is 1. The van der Waals surface area contributed by atoms with Crippen LogP contribution in [0.5, 0.6) is 0 Å². The van der Waals surface area contributed by atoms with Crippen LogP contribution in [0.15, 0.2) is 81.0 Å². The van der Waals surface area contributed by atoms with Crippen LogP contribution in [0.25, 0.3) is 0 Å². The van der Waals surface area contributed by atoms with Crippen molar-refractivity contribution < 1.29 is 13.9 Å². The molecule has 2 aromatic heterocycles. The van der Waals surface area contributed by atoms with Crippen LogP contribution in [-0.2, 0) is 18.4 Å². The van der Waals surface area contributed by atoms with Gasteiger partial charge in [-0.1, -0.05) is 30.3 Å². The van der Waals surface area contributed by atoms with E-state index in [1.54, 1.807) is 31.6 Å². The first-order chi connectivity index (χ1) is 13.6. The fraction of sp³-hybridized carbons (Fsp3) is 0.318. The van der Waals surface area contributed by atoms with Crippen molar-refractivity contribution in [1.29, 1.82) is 0 Å². The minimum Gasteiger partial charge on any atom is -0.469 e. The summed E-state index contributed by atoms with van der Waals surface area (Å²) in [7, 11) is 0. The van der Waals surface area contributed by atoms with E-state index in [-0.39, 0.29) is 6.54 Å². The molecule has 0 aliphatic carbocycles. The molecule has 0 amide bonds. The number of hydrogen-bond donors (Lipinski definition) is 3. The van der Waals surface area contributed by atoms with Crippen LogP contribution < -0.4 is 10.6 Å². The first-order valence-electron chi connectivity index (χ1n) is 9.48. The lowest BCUT2D eigenvalue weighted by Crippen LogP contribution is -2.40. The highest BCUT2D eigenvalue weighted by molar-refractivity contribution is 5.79. The number of benzene rings is 1. The van der Waals surface area contributed by atoms with Crippen LogP contribution in [0.4, 0.5) is 0 Å². The van der Waals surface area contributed by atoms with Gasteiger partial charge < -0.3 is 24.6 Å². The lowest BCUT2D eigenvalue weighted by atomic mass is 10.0. The number of furan rings is 2. The van der Waals surface area contributed by atoms with Crippen molar-refractivity contribution >= 4 is 5.96 Å². The second kappa shape index (κ2) is 9.80. The van der Waals surface area contributed by atoms with Crippen molar-refractivity contribution in [3.8, 4) is 0 Å². The second-order valence-electron chi connectivity index (χ2n) is 6.83. The third-order valence-corrected chi connectivity index (χ3v) is 4.39. The SMILES string of the molecule is CC(O)(CN=C(NCCc1ccccc1)NCCc1ccco1)c1ccco1. The molecule has 28 heavy (non-hydrogen) atoms. The van der Waals surface area contributed by atoms with Crippen molar-refractivity contribution in [1.82, 2.24) is 10.6 Å². The lowest BCUT2D eigenvalue weighted by Gasteiger charge is -2.20. The quantitative estimate of drug-likeness (QED) is 0.392. The van der Waals surface area contributed by atoms with Crippen LogP contribution in [0, 0.1) is 0 Å². The Kier molecular flexibility index (Phi) is 6.92. The van der Waals surface area contributed by atoms with E-state index in [1.165, 1.54) is 5.56 Å². The molecule has 0 radical (unpaired) electrons. The Morgan fingerprint density at radius 2 is 1.64 bits per heavy atom. The summed E-state index contributed by atoms with van der Waals surface area (Å²) < 4.78 is 10.7. The summed E-state index contributed by atoms with van der Waals surface area (Å²) in [5, 5.41) is 17.3. The fourth-order valence-electron chi connectivity index (χ4n) is 2.80. The van der Waals surface area contributed by atoms with Gasteiger partial charge >= 0.3 is 0 Å². The van der Waals surface area contributed by atoms with Gasteiger partial charge in [-0.3, -0.25) is 0 Å². The molecule has 3 aromatic rings. The van der Waals surface area contributed by atoms with Gasteiger partial charge in [-0.05, 0) is 43.2 Å². The molecule has 6 nitrogen and oxygen atoms in total. The molecule has 2 heterocycles. The van der Waals surface area contributed by atoms with Crippen LogP contribution in [0.2, 0.25) is 0 Å². The maximum Gasteiger partial charge on any atom is 0.191 e. The molecule has 0 fully saturated rings. The van der Waals surface area contributed by atoms with Gasteiger partial charge in [0.1, 0.15) is 17.1 Å². The minimum atomic E-state index is -1.17. The molecule has 0 aliphatic heterocycles. The van der Waals surface area contributed by atoms with E-state index in [9.17, 15) is 5.11 Å². The Labute approximate surface area is 165 Å². The third kappa shape index (κ3) is 6.03. The molecule has 3 N–H and O–H groups in total. The van der Waals surface area contributed by atoms with E-state index in [2.05, 4.69) is 27.8 Å². The molecule has 0 saturated heterocycles. The zero-order valence-electron chi connectivity index (χ0n) is 16.1. The number of rotatable bonds is 9. The van der Waals surface area contributed by atoms with Crippen molar-refractivity contribution in [3.63, 3.8) is 0 Å². The molecule has 148 valence electrons. The molecule has 6 heteroatoms. The molecule has 1 aromatic carbocycles. The van der Waals surface area contributed by atoms with Crippen LogP contribution in [0.3, 0.4) is 0 Å². The Morgan fingerprint density at radius 1 is 0.929 bits per heavy atom. The molecular weight excluding hydrogens is 354 g/mol. The summed E-state index contributed by atoms with van der Waals surface area (Å²) in [5.74, 6) is 2.06. The summed E-state index contributed by atoms with van der Waals surface area (Å²) in [6.45, 7) is 3.29. The Morgan fingerprint density at radius 3 is 2.32 bits per heavy atom. The number of nitrogens with one attached hydrogen (secondary N) is 2. The molecule has 0 spiro atoms. The molecule has 0 aliphatic rings. The highest BCUT2D eigenvalue weighted by atomic mass is 16.4. The van der Waals surface area contributed by atoms with Gasteiger partial charge in [0.25, 0.3) is 0 Å². The highest BCUT2D eigenvalue weighted by Crippen LogP contribution is 2.21. The third-order valence-electron chi connectivity index (χ3n) is 4.39. The van der Waals surface area contributed by atoms with Crippen LogP contribution >= 0.6 is 0 Å². The summed E-state index contributed by atoms with van der Waals surface area (Å²) in [6.07, 6.45) is 4.85. The standard InChI is InChI=1S/C22H27N3O3/c1-22(26,20-10-6-16-28-20)17-25-21(24-14-12-19-9-5-15-27-19)23-13-11-18-7-3-2-4-8-18/h2-10,15-16,26H,11-14,17H2,1H3,(H2,23,24,25). The summed E-state index contributed by atoms with van der Waals surface area (Å²) in [6, 6.07) is 17.6. The summed E-state index contributed by atoms with van der Waals surface area (Å²) in [4.78, 5) is 4.56.